The lowest BCUT2D eigenvalue weighted by molar-refractivity contribution is 0.112. The van der Waals surface area contributed by atoms with Gasteiger partial charge in [0.1, 0.15) is 17.8 Å². The smallest absolute Gasteiger partial charge is 0.204 e. The van der Waals surface area contributed by atoms with Crippen molar-refractivity contribution in [2.45, 2.75) is 0 Å². The maximum Gasteiger partial charge on any atom is 0.204 e. The highest BCUT2D eigenvalue weighted by atomic mass is 16.5. The van der Waals surface area contributed by atoms with Gasteiger partial charge in [0.15, 0.2) is 0 Å². The standard InChI is InChI=1S/C14H10N4O2/c19-9-10-1-5-12(6-2-10)20-13-7-3-11(4-8-13)14-15-17-18-16-14/h1-9H,(H,15,16,17,18). The highest BCUT2D eigenvalue weighted by molar-refractivity contribution is 5.74. The molecule has 3 aromatic rings. The number of tetrazole rings is 1. The lowest BCUT2D eigenvalue weighted by Crippen LogP contribution is -1.86. The van der Waals surface area contributed by atoms with E-state index in [1.165, 1.54) is 0 Å². The summed E-state index contributed by atoms with van der Waals surface area (Å²) in [4.78, 5) is 10.6. The van der Waals surface area contributed by atoms with Crippen molar-refractivity contribution in [2.75, 3.05) is 0 Å². The molecule has 1 N–H and O–H groups in total. The number of carbonyl (C=O) groups is 1. The van der Waals surface area contributed by atoms with E-state index in [1.807, 2.05) is 24.3 Å². The summed E-state index contributed by atoms with van der Waals surface area (Å²) in [6.45, 7) is 0. The number of carbonyl (C=O) groups excluding carboxylic acids is 1. The lowest BCUT2D eigenvalue weighted by Gasteiger charge is -2.05. The fourth-order valence-electron chi connectivity index (χ4n) is 1.71. The Kier molecular flexibility index (Phi) is 3.20. The second-order valence-corrected chi connectivity index (χ2v) is 4.05. The summed E-state index contributed by atoms with van der Waals surface area (Å²) in [5.74, 6) is 1.89. The molecule has 0 radical (unpaired) electrons. The van der Waals surface area contributed by atoms with Crippen LogP contribution in [0.5, 0.6) is 11.5 Å². The van der Waals surface area contributed by atoms with E-state index in [0.717, 1.165) is 11.8 Å². The molecule has 0 amide bonds. The van der Waals surface area contributed by atoms with Crippen molar-refractivity contribution in [3.63, 3.8) is 0 Å². The zero-order valence-corrected chi connectivity index (χ0v) is 10.4. The van der Waals surface area contributed by atoms with E-state index in [-0.39, 0.29) is 0 Å². The molecule has 1 heterocycles. The van der Waals surface area contributed by atoms with Crippen LogP contribution in [-0.4, -0.2) is 26.9 Å². The van der Waals surface area contributed by atoms with Gasteiger partial charge in [-0.3, -0.25) is 4.79 Å². The zero-order chi connectivity index (χ0) is 13.8. The molecule has 20 heavy (non-hydrogen) atoms. The minimum Gasteiger partial charge on any atom is -0.457 e. The Morgan fingerprint density at radius 2 is 1.60 bits per heavy atom. The summed E-state index contributed by atoms with van der Waals surface area (Å²) in [5, 5.41) is 13.7. The van der Waals surface area contributed by atoms with Gasteiger partial charge in [-0.25, -0.2) is 0 Å². The van der Waals surface area contributed by atoms with Crippen molar-refractivity contribution in [3.8, 4) is 22.9 Å². The molecule has 6 heteroatoms. The van der Waals surface area contributed by atoms with Gasteiger partial charge in [-0.05, 0) is 53.7 Å². The van der Waals surface area contributed by atoms with E-state index in [9.17, 15) is 4.79 Å². The van der Waals surface area contributed by atoms with Gasteiger partial charge in [0.25, 0.3) is 0 Å². The quantitative estimate of drug-likeness (QED) is 0.734. The van der Waals surface area contributed by atoms with E-state index < -0.39 is 0 Å². The molecule has 3 rings (SSSR count). The fraction of sp³-hybridized carbons (Fsp3) is 0. The van der Waals surface area contributed by atoms with Crippen molar-refractivity contribution in [3.05, 3.63) is 54.1 Å². The SMILES string of the molecule is O=Cc1ccc(Oc2ccc(-c3nn[nH]n3)cc2)cc1. The molecule has 0 saturated heterocycles. The number of ether oxygens (including phenoxy) is 1. The summed E-state index contributed by atoms with van der Waals surface area (Å²) in [7, 11) is 0. The third kappa shape index (κ3) is 2.54. The first kappa shape index (κ1) is 12.0. The predicted molar refractivity (Wildman–Crippen MR) is 71.5 cm³/mol. The van der Waals surface area contributed by atoms with Gasteiger partial charge in [0.2, 0.25) is 5.82 Å². The molecule has 0 aliphatic rings. The lowest BCUT2D eigenvalue weighted by atomic mass is 10.2. The molecule has 0 aliphatic heterocycles. The number of hydrogen-bond donors (Lipinski definition) is 1. The maximum atomic E-state index is 10.6. The molecule has 0 spiro atoms. The number of hydrogen-bond acceptors (Lipinski definition) is 5. The number of aromatic amines is 1. The number of aromatic nitrogens is 4. The normalized spacial score (nSPS) is 10.2. The summed E-state index contributed by atoms with van der Waals surface area (Å²) in [6, 6.07) is 14.2. The van der Waals surface area contributed by atoms with E-state index in [0.29, 0.717) is 22.9 Å². The number of nitrogens with one attached hydrogen (secondary N) is 1. The Bertz CT molecular complexity index is 691. The Morgan fingerprint density at radius 3 is 2.15 bits per heavy atom. The van der Waals surface area contributed by atoms with Crippen molar-refractivity contribution in [2.24, 2.45) is 0 Å². The molecule has 1 aromatic heterocycles. The average molecular weight is 266 g/mol. The molecule has 0 unspecified atom stereocenters. The van der Waals surface area contributed by atoms with Crippen LogP contribution >= 0.6 is 0 Å². The number of rotatable bonds is 4. The highest BCUT2D eigenvalue weighted by Crippen LogP contribution is 2.24. The van der Waals surface area contributed by atoms with Crippen LogP contribution in [-0.2, 0) is 0 Å². The van der Waals surface area contributed by atoms with Crippen LogP contribution in [0.3, 0.4) is 0 Å². The molecule has 0 aliphatic carbocycles. The number of nitrogens with zero attached hydrogens (tertiary/aromatic N) is 3. The van der Waals surface area contributed by atoms with Gasteiger partial charge >= 0.3 is 0 Å². The predicted octanol–water partition coefficient (Wildman–Crippen LogP) is 2.47. The van der Waals surface area contributed by atoms with Gasteiger partial charge in [-0.15, -0.1) is 10.2 Å². The van der Waals surface area contributed by atoms with E-state index in [1.54, 1.807) is 24.3 Å². The zero-order valence-electron chi connectivity index (χ0n) is 10.4. The number of H-pyrrole nitrogens is 1. The molecule has 98 valence electrons. The van der Waals surface area contributed by atoms with Crippen molar-refractivity contribution in [1.82, 2.24) is 20.6 Å². The molecule has 6 nitrogen and oxygen atoms in total. The van der Waals surface area contributed by atoms with Crippen molar-refractivity contribution < 1.29 is 9.53 Å². The summed E-state index contributed by atoms with van der Waals surface area (Å²) in [6.07, 6.45) is 0.795. The Morgan fingerprint density at radius 1 is 0.950 bits per heavy atom. The van der Waals surface area contributed by atoms with Crippen LogP contribution in [0.25, 0.3) is 11.4 Å². The molecule has 0 saturated carbocycles. The van der Waals surface area contributed by atoms with Crippen LogP contribution in [0.15, 0.2) is 48.5 Å². The van der Waals surface area contributed by atoms with Gasteiger partial charge in [-0.1, -0.05) is 0 Å². The Labute approximate surface area is 114 Å². The molecule has 0 atom stereocenters. The van der Waals surface area contributed by atoms with Crippen molar-refractivity contribution >= 4 is 6.29 Å². The van der Waals surface area contributed by atoms with E-state index >= 15 is 0 Å². The summed E-state index contributed by atoms with van der Waals surface area (Å²) in [5.41, 5.74) is 1.47. The Balaban J connectivity index is 1.76. The third-order valence-electron chi connectivity index (χ3n) is 2.71. The van der Waals surface area contributed by atoms with Crippen LogP contribution in [0.1, 0.15) is 10.4 Å². The van der Waals surface area contributed by atoms with Crippen LogP contribution in [0.4, 0.5) is 0 Å². The maximum absolute atomic E-state index is 10.6. The molecule has 2 aromatic carbocycles. The number of aldehydes is 1. The first-order valence-corrected chi connectivity index (χ1v) is 5.92. The fourth-order valence-corrected chi connectivity index (χ4v) is 1.71. The summed E-state index contributed by atoms with van der Waals surface area (Å²) >= 11 is 0. The van der Waals surface area contributed by atoms with Gasteiger partial charge in [0, 0.05) is 11.1 Å². The minimum atomic E-state index is 0.534. The number of benzene rings is 2. The summed E-state index contributed by atoms with van der Waals surface area (Å²) < 4.78 is 5.67. The van der Waals surface area contributed by atoms with Crippen LogP contribution in [0, 0.1) is 0 Å². The van der Waals surface area contributed by atoms with Gasteiger partial charge in [0.05, 0.1) is 0 Å². The molecular formula is C14H10N4O2. The molecule has 0 bridgehead atoms. The largest absolute Gasteiger partial charge is 0.457 e. The van der Waals surface area contributed by atoms with Gasteiger partial charge in [-0.2, -0.15) is 5.21 Å². The van der Waals surface area contributed by atoms with E-state index in [4.69, 9.17) is 4.74 Å². The topological polar surface area (TPSA) is 80.8 Å². The monoisotopic (exact) mass is 266 g/mol. The second kappa shape index (κ2) is 5.31. The van der Waals surface area contributed by atoms with E-state index in [2.05, 4.69) is 20.6 Å². The van der Waals surface area contributed by atoms with Crippen LogP contribution in [0.2, 0.25) is 0 Å². The second-order valence-electron chi connectivity index (χ2n) is 4.05. The highest BCUT2D eigenvalue weighted by Gasteiger charge is 2.03. The van der Waals surface area contributed by atoms with Crippen LogP contribution < -0.4 is 4.74 Å². The molecular weight excluding hydrogens is 256 g/mol. The third-order valence-corrected chi connectivity index (χ3v) is 2.71. The van der Waals surface area contributed by atoms with Gasteiger partial charge < -0.3 is 4.74 Å². The van der Waals surface area contributed by atoms with Crippen molar-refractivity contribution in [1.29, 1.82) is 0 Å². The Hall–Kier alpha value is -3.02. The molecule has 0 fully saturated rings. The average Bonchev–Trinajstić information content (AvgIpc) is 3.03. The first-order valence-electron chi connectivity index (χ1n) is 5.92. The minimum absolute atomic E-state index is 0.534. The first-order chi connectivity index (χ1) is 9.85.